The maximum absolute atomic E-state index is 10.7. The zero-order valence-corrected chi connectivity index (χ0v) is 31.5. The summed E-state index contributed by atoms with van der Waals surface area (Å²) >= 11 is 0. The van der Waals surface area contributed by atoms with E-state index in [0.29, 0.717) is 17.8 Å². The standard InChI is InChI=1S/C29H45P.C4H8.CHF3O3S.Pd/c1-19(2)22-17-24(20(3)4)27(25(18-22)21(5)6)23-15-13-14-16-26(23)30(28(7,8)9)29(10,11)12;1-3-4-2;2-1(3,4)8(5,6)7;/h13-21H,1-12H3;3H,1,4H2,2H3;(H,5,6,7);. The van der Waals surface area contributed by atoms with Gasteiger partial charge in [-0.3, -0.25) is 4.55 Å². The summed E-state index contributed by atoms with van der Waals surface area (Å²) in [5.41, 5.74) is 1.92. The molecule has 43 heavy (non-hydrogen) atoms. The summed E-state index contributed by atoms with van der Waals surface area (Å²) in [7, 11) is -6.21. The van der Waals surface area contributed by atoms with Gasteiger partial charge < -0.3 is 0 Å². The maximum atomic E-state index is 10.7. The van der Waals surface area contributed by atoms with E-state index in [4.69, 9.17) is 13.0 Å². The van der Waals surface area contributed by atoms with Crippen LogP contribution in [0, 0.1) is 0 Å². The fourth-order valence-corrected chi connectivity index (χ4v) is 9.00. The maximum Gasteiger partial charge on any atom is 0.522 e. The number of hydrogen-bond donors (Lipinski definition) is 1. The third-order valence-electron chi connectivity index (χ3n) is 6.47. The zero-order valence-electron chi connectivity index (χ0n) is 28.3. The predicted molar refractivity (Wildman–Crippen MR) is 178 cm³/mol. The molecule has 0 unspecified atom stereocenters. The van der Waals surface area contributed by atoms with Gasteiger partial charge >= 0.3 is 15.6 Å². The van der Waals surface area contributed by atoms with Crippen LogP contribution in [-0.4, -0.2) is 28.8 Å². The molecule has 1 N–H and O–H groups in total. The SMILES string of the molecule is C=CCC.CC(C)c1cc(C(C)C)c(-c2ccccc2P(C(C)(C)C)C(C)(C)C)c(C(C)C)c1.O=S(=O)(O)C(F)(F)F.[Pd]. The van der Waals surface area contributed by atoms with Gasteiger partial charge in [0.15, 0.2) is 0 Å². The van der Waals surface area contributed by atoms with E-state index in [2.05, 4.69) is 133 Å². The fraction of sp³-hybridized carbons (Fsp3) is 0.588. The van der Waals surface area contributed by atoms with Crippen LogP contribution in [0.5, 0.6) is 0 Å². The average Bonchev–Trinajstić information content (AvgIpc) is 2.81. The minimum absolute atomic E-state index is 0. The summed E-state index contributed by atoms with van der Waals surface area (Å²) in [5.74, 6) is 1.55. The van der Waals surface area contributed by atoms with Crippen molar-refractivity contribution in [2.75, 3.05) is 0 Å². The topological polar surface area (TPSA) is 54.4 Å². The molecular weight excluding hydrogens is 683 g/mol. The minimum atomic E-state index is -5.84. The van der Waals surface area contributed by atoms with Gasteiger partial charge in [0.05, 0.1) is 0 Å². The molecule has 0 aromatic heterocycles. The number of benzene rings is 2. The molecule has 0 atom stereocenters. The summed E-state index contributed by atoms with van der Waals surface area (Å²) in [6, 6.07) is 14.3. The van der Waals surface area contributed by atoms with E-state index in [0.717, 1.165) is 6.42 Å². The van der Waals surface area contributed by atoms with E-state index in [-0.39, 0.29) is 38.7 Å². The molecule has 0 heterocycles. The Labute approximate surface area is 275 Å². The summed E-state index contributed by atoms with van der Waals surface area (Å²) in [4.78, 5) is 0. The van der Waals surface area contributed by atoms with E-state index in [1.54, 1.807) is 5.30 Å². The van der Waals surface area contributed by atoms with Gasteiger partial charge in [-0.15, -0.1) is 6.58 Å². The molecular formula is C34H54F3O3PPdS. The van der Waals surface area contributed by atoms with Gasteiger partial charge in [0.1, 0.15) is 0 Å². The van der Waals surface area contributed by atoms with Gasteiger partial charge in [-0.05, 0) is 67.6 Å². The molecule has 0 saturated heterocycles. The largest absolute Gasteiger partial charge is 0.522 e. The van der Waals surface area contributed by atoms with Crippen molar-refractivity contribution in [2.24, 2.45) is 0 Å². The van der Waals surface area contributed by atoms with Crippen molar-refractivity contribution in [2.45, 2.75) is 130 Å². The molecule has 0 bridgehead atoms. The number of hydrogen-bond acceptors (Lipinski definition) is 2. The van der Waals surface area contributed by atoms with Gasteiger partial charge in [0.2, 0.25) is 0 Å². The summed E-state index contributed by atoms with van der Waals surface area (Å²) in [5, 5.41) is 2.06. The van der Waals surface area contributed by atoms with E-state index in [9.17, 15) is 13.2 Å². The molecule has 2 aromatic carbocycles. The van der Waals surface area contributed by atoms with Gasteiger partial charge in [0.25, 0.3) is 0 Å². The van der Waals surface area contributed by atoms with Gasteiger partial charge in [-0.2, -0.15) is 21.6 Å². The first-order valence-electron chi connectivity index (χ1n) is 14.5. The summed E-state index contributed by atoms with van der Waals surface area (Å²) in [6.07, 6.45) is 2.96. The van der Waals surface area contributed by atoms with E-state index >= 15 is 0 Å². The molecule has 0 saturated carbocycles. The van der Waals surface area contributed by atoms with Crippen molar-refractivity contribution >= 4 is 23.3 Å². The monoisotopic (exact) mass is 736 g/mol. The van der Waals surface area contributed by atoms with Crippen LogP contribution in [0.3, 0.4) is 0 Å². The summed E-state index contributed by atoms with van der Waals surface area (Å²) < 4.78 is 57.5. The molecule has 0 aliphatic rings. The number of alkyl halides is 3. The summed E-state index contributed by atoms with van der Waals surface area (Å²) in [6.45, 7) is 34.1. The fourth-order valence-electron chi connectivity index (χ4n) is 4.88. The molecule has 0 spiro atoms. The molecule has 0 aliphatic carbocycles. The number of halogens is 3. The van der Waals surface area contributed by atoms with E-state index < -0.39 is 15.6 Å². The Morgan fingerprint density at radius 2 is 1.19 bits per heavy atom. The third-order valence-corrected chi connectivity index (χ3v) is 10.6. The van der Waals surface area contributed by atoms with Crippen LogP contribution in [0.2, 0.25) is 0 Å². The Bertz CT molecular complexity index is 1210. The van der Waals surface area contributed by atoms with E-state index in [1.165, 1.54) is 27.8 Å². The average molecular weight is 737 g/mol. The van der Waals surface area contributed by atoms with Crippen LogP contribution < -0.4 is 5.30 Å². The van der Waals surface area contributed by atoms with Crippen molar-refractivity contribution in [1.82, 2.24) is 0 Å². The van der Waals surface area contributed by atoms with Crippen molar-refractivity contribution in [3.63, 3.8) is 0 Å². The Morgan fingerprint density at radius 1 is 0.837 bits per heavy atom. The smallest absolute Gasteiger partial charge is 0.279 e. The first-order valence-corrected chi connectivity index (χ1v) is 17.3. The first-order chi connectivity index (χ1) is 18.8. The zero-order chi connectivity index (χ0) is 33.4. The van der Waals surface area contributed by atoms with Gasteiger partial charge in [-0.25, -0.2) is 0 Å². The Balaban J connectivity index is 0. The van der Waals surface area contributed by atoms with Crippen molar-refractivity contribution in [3.8, 4) is 11.1 Å². The second-order valence-corrected chi connectivity index (χ2v) is 18.6. The molecule has 2 rings (SSSR count). The number of allylic oxidation sites excluding steroid dienone is 1. The van der Waals surface area contributed by atoms with Crippen LogP contribution in [0.1, 0.15) is 131 Å². The van der Waals surface area contributed by atoms with Crippen LogP contribution in [-0.2, 0) is 30.5 Å². The van der Waals surface area contributed by atoms with Crippen molar-refractivity contribution < 1.29 is 46.6 Å². The predicted octanol–water partition coefficient (Wildman–Crippen LogP) is 11.4. The number of rotatable bonds is 6. The molecule has 0 amide bonds. The molecule has 0 fully saturated rings. The molecule has 2 aromatic rings. The Hall–Kier alpha value is -1.03. The van der Waals surface area contributed by atoms with Gasteiger partial charge in [0, 0.05) is 20.4 Å². The molecule has 0 aliphatic heterocycles. The van der Waals surface area contributed by atoms with Crippen molar-refractivity contribution in [3.05, 3.63) is 65.7 Å². The van der Waals surface area contributed by atoms with Crippen molar-refractivity contribution in [1.29, 1.82) is 0 Å². The Kier molecular flexibility index (Phi) is 18.1. The van der Waals surface area contributed by atoms with Crippen LogP contribution in [0.15, 0.2) is 49.1 Å². The second kappa shape index (κ2) is 17.6. The Morgan fingerprint density at radius 3 is 1.44 bits per heavy atom. The quantitative estimate of drug-likeness (QED) is 0.106. The molecule has 0 radical (unpaired) electrons. The second-order valence-electron chi connectivity index (χ2n) is 13.4. The van der Waals surface area contributed by atoms with Gasteiger partial charge in [-0.1, -0.05) is 140 Å². The third kappa shape index (κ3) is 13.5. The normalized spacial score (nSPS) is 12.4. The van der Waals surface area contributed by atoms with Crippen LogP contribution in [0.25, 0.3) is 11.1 Å². The molecule has 3 nitrogen and oxygen atoms in total. The molecule has 250 valence electrons. The van der Waals surface area contributed by atoms with E-state index in [1.807, 2.05) is 6.08 Å². The van der Waals surface area contributed by atoms with Crippen LogP contribution in [0.4, 0.5) is 13.2 Å². The van der Waals surface area contributed by atoms with Crippen LogP contribution >= 0.6 is 7.92 Å². The first kappa shape index (κ1) is 44.1. The minimum Gasteiger partial charge on any atom is -0.279 e. The molecule has 9 heteroatoms.